The summed E-state index contributed by atoms with van der Waals surface area (Å²) in [6, 6.07) is 10.2. The van der Waals surface area contributed by atoms with Gasteiger partial charge in [0, 0.05) is 22.5 Å². The lowest BCUT2D eigenvalue weighted by Crippen LogP contribution is -2.28. The van der Waals surface area contributed by atoms with E-state index in [1.165, 1.54) is 0 Å². The zero-order chi connectivity index (χ0) is 14.5. The lowest BCUT2D eigenvalue weighted by atomic mass is 10.2. The highest BCUT2D eigenvalue weighted by molar-refractivity contribution is 9.10. The first-order valence-corrected chi connectivity index (χ1v) is 8.04. The molecule has 2 aromatic rings. The summed E-state index contributed by atoms with van der Waals surface area (Å²) in [5.74, 6) is 1.80. The molecule has 4 heteroatoms. The lowest BCUT2D eigenvalue weighted by Gasteiger charge is -2.11. The topological polar surface area (TPSA) is 25.2 Å². The molecular weight excluding hydrogens is 338 g/mol. The SMILES string of the molecule is CCCNC(C)Cc1ccc(-c2ccc(Br)cc2Cl)o1. The van der Waals surface area contributed by atoms with Gasteiger partial charge in [-0.15, -0.1) is 0 Å². The van der Waals surface area contributed by atoms with Gasteiger partial charge in [0.05, 0.1) is 5.02 Å². The van der Waals surface area contributed by atoms with Crippen LogP contribution in [0.3, 0.4) is 0 Å². The first-order chi connectivity index (χ1) is 9.60. The van der Waals surface area contributed by atoms with E-state index in [0.717, 1.165) is 40.9 Å². The predicted octanol–water partition coefficient (Wildman–Crippen LogP) is 5.29. The molecule has 1 unspecified atom stereocenters. The van der Waals surface area contributed by atoms with Crippen molar-refractivity contribution in [1.82, 2.24) is 5.32 Å². The van der Waals surface area contributed by atoms with Gasteiger partial charge in [-0.05, 0) is 50.2 Å². The monoisotopic (exact) mass is 355 g/mol. The van der Waals surface area contributed by atoms with Crippen LogP contribution >= 0.6 is 27.5 Å². The van der Waals surface area contributed by atoms with E-state index in [9.17, 15) is 0 Å². The third-order valence-corrected chi connectivity index (χ3v) is 3.91. The van der Waals surface area contributed by atoms with Gasteiger partial charge in [0.2, 0.25) is 0 Å². The van der Waals surface area contributed by atoms with Crippen molar-refractivity contribution in [3.8, 4) is 11.3 Å². The Morgan fingerprint density at radius 3 is 2.80 bits per heavy atom. The van der Waals surface area contributed by atoms with Crippen LogP contribution in [-0.2, 0) is 6.42 Å². The van der Waals surface area contributed by atoms with Gasteiger partial charge in [-0.1, -0.05) is 34.5 Å². The molecule has 1 aromatic carbocycles. The number of benzene rings is 1. The maximum absolute atomic E-state index is 6.25. The van der Waals surface area contributed by atoms with Crippen LogP contribution in [0.1, 0.15) is 26.0 Å². The van der Waals surface area contributed by atoms with Crippen LogP contribution in [0, 0.1) is 0 Å². The Hall–Kier alpha value is -0.770. The molecule has 0 spiro atoms. The molecule has 2 nitrogen and oxygen atoms in total. The number of nitrogens with one attached hydrogen (secondary N) is 1. The lowest BCUT2D eigenvalue weighted by molar-refractivity contribution is 0.464. The molecule has 0 saturated carbocycles. The van der Waals surface area contributed by atoms with E-state index in [2.05, 4.69) is 35.1 Å². The number of furan rings is 1. The molecule has 0 aliphatic carbocycles. The molecule has 2 rings (SSSR count). The van der Waals surface area contributed by atoms with E-state index in [-0.39, 0.29) is 0 Å². The molecular formula is C16H19BrClNO. The normalized spacial score (nSPS) is 12.6. The molecule has 0 aliphatic rings. The maximum Gasteiger partial charge on any atom is 0.135 e. The standard InChI is InChI=1S/C16H19BrClNO/c1-3-8-19-11(2)9-13-5-7-16(20-13)14-6-4-12(17)10-15(14)18/h4-7,10-11,19H,3,8-9H2,1-2H3. The van der Waals surface area contributed by atoms with Crippen molar-refractivity contribution < 1.29 is 4.42 Å². The summed E-state index contributed by atoms with van der Waals surface area (Å²) in [4.78, 5) is 0. The van der Waals surface area contributed by atoms with E-state index < -0.39 is 0 Å². The zero-order valence-electron chi connectivity index (χ0n) is 11.7. The minimum Gasteiger partial charge on any atom is -0.461 e. The van der Waals surface area contributed by atoms with Crippen molar-refractivity contribution in [2.75, 3.05) is 6.54 Å². The quantitative estimate of drug-likeness (QED) is 0.760. The van der Waals surface area contributed by atoms with Gasteiger partial charge < -0.3 is 9.73 Å². The van der Waals surface area contributed by atoms with Crippen molar-refractivity contribution in [1.29, 1.82) is 0 Å². The van der Waals surface area contributed by atoms with Crippen LogP contribution in [0.25, 0.3) is 11.3 Å². The largest absolute Gasteiger partial charge is 0.461 e. The van der Waals surface area contributed by atoms with Gasteiger partial charge in [-0.3, -0.25) is 0 Å². The van der Waals surface area contributed by atoms with Crippen LogP contribution in [0.4, 0.5) is 0 Å². The van der Waals surface area contributed by atoms with Crippen LogP contribution < -0.4 is 5.32 Å². The Bertz CT molecular complexity index is 567. The fourth-order valence-corrected chi connectivity index (χ4v) is 2.85. The average Bonchev–Trinajstić information content (AvgIpc) is 2.84. The van der Waals surface area contributed by atoms with E-state index in [0.29, 0.717) is 11.1 Å². The second-order valence-electron chi connectivity index (χ2n) is 4.95. The molecule has 0 aliphatic heterocycles. The van der Waals surface area contributed by atoms with Gasteiger partial charge in [0.25, 0.3) is 0 Å². The molecule has 1 N–H and O–H groups in total. The Morgan fingerprint density at radius 1 is 1.30 bits per heavy atom. The Balaban J connectivity index is 2.08. The molecule has 0 amide bonds. The first kappa shape index (κ1) is 15.6. The highest BCUT2D eigenvalue weighted by Crippen LogP contribution is 2.31. The van der Waals surface area contributed by atoms with Gasteiger partial charge in [0.15, 0.2) is 0 Å². The van der Waals surface area contributed by atoms with Crippen molar-refractivity contribution in [3.05, 3.63) is 45.6 Å². The van der Waals surface area contributed by atoms with Crippen molar-refractivity contribution in [2.45, 2.75) is 32.7 Å². The molecule has 0 fully saturated rings. The van der Waals surface area contributed by atoms with E-state index >= 15 is 0 Å². The number of rotatable bonds is 6. The van der Waals surface area contributed by atoms with E-state index in [1.807, 2.05) is 30.3 Å². The third kappa shape index (κ3) is 4.11. The predicted molar refractivity (Wildman–Crippen MR) is 88.3 cm³/mol. The van der Waals surface area contributed by atoms with E-state index in [1.54, 1.807) is 0 Å². The number of halogens is 2. The summed E-state index contributed by atoms with van der Waals surface area (Å²) in [5, 5.41) is 4.15. The fraction of sp³-hybridized carbons (Fsp3) is 0.375. The fourth-order valence-electron chi connectivity index (χ4n) is 2.09. The van der Waals surface area contributed by atoms with Crippen LogP contribution in [0.2, 0.25) is 5.02 Å². The van der Waals surface area contributed by atoms with E-state index in [4.69, 9.17) is 16.0 Å². The molecule has 0 saturated heterocycles. The van der Waals surface area contributed by atoms with Crippen molar-refractivity contribution in [3.63, 3.8) is 0 Å². The van der Waals surface area contributed by atoms with Crippen molar-refractivity contribution in [2.24, 2.45) is 0 Å². The Morgan fingerprint density at radius 2 is 2.10 bits per heavy atom. The maximum atomic E-state index is 6.25. The van der Waals surface area contributed by atoms with Gasteiger partial charge >= 0.3 is 0 Å². The van der Waals surface area contributed by atoms with Crippen LogP contribution in [-0.4, -0.2) is 12.6 Å². The first-order valence-electron chi connectivity index (χ1n) is 6.87. The second-order valence-corrected chi connectivity index (χ2v) is 6.27. The smallest absolute Gasteiger partial charge is 0.135 e. The van der Waals surface area contributed by atoms with Gasteiger partial charge in [-0.2, -0.15) is 0 Å². The Labute approximate surface area is 133 Å². The molecule has 0 radical (unpaired) electrons. The summed E-state index contributed by atoms with van der Waals surface area (Å²) >= 11 is 9.65. The number of hydrogen-bond donors (Lipinski definition) is 1. The Kier molecular flexibility index (Phi) is 5.70. The minimum absolute atomic E-state index is 0.411. The second kappa shape index (κ2) is 7.30. The van der Waals surface area contributed by atoms with Crippen LogP contribution in [0.5, 0.6) is 0 Å². The van der Waals surface area contributed by atoms with Crippen molar-refractivity contribution >= 4 is 27.5 Å². The van der Waals surface area contributed by atoms with Gasteiger partial charge in [0.1, 0.15) is 11.5 Å². The zero-order valence-corrected chi connectivity index (χ0v) is 14.1. The molecule has 1 heterocycles. The minimum atomic E-state index is 0.411. The molecule has 1 atom stereocenters. The molecule has 1 aromatic heterocycles. The summed E-state index contributed by atoms with van der Waals surface area (Å²) in [6.45, 7) is 5.37. The molecule has 108 valence electrons. The highest BCUT2D eigenvalue weighted by atomic mass is 79.9. The summed E-state index contributed by atoms with van der Waals surface area (Å²) < 4.78 is 6.87. The highest BCUT2D eigenvalue weighted by Gasteiger charge is 2.11. The van der Waals surface area contributed by atoms with Gasteiger partial charge in [-0.25, -0.2) is 0 Å². The average molecular weight is 357 g/mol. The van der Waals surface area contributed by atoms with Crippen LogP contribution in [0.15, 0.2) is 39.2 Å². The molecule has 0 bridgehead atoms. The summed E-state index contributed by atoms with van der Waals surface area (Å²) in [7, 11) is 0. The summed E-state index contributed by atoms with van der Waals surface area (Å²) in [6.07, 6.45) is 2.02. The summed E-state index contributed by atoms with van der Waals surface area (Å²) in [5.41, 5.74) is 0.926. The number of hydrogen-bond acceptors (Lipinski definition) is 2. The third-order valence-electron chi connectivity index (χ3n) is 3.11. The molecule has 20 heavy (non-hydrogen) atoms.